The van der Waals surface area contributed by atoms with Gasteiger partial charge in [0, 0.05) is 6.54 Å². The molecule has 100 valence electrons. The van der Waals surface area contributed by atoms with E-state index in [-0.39, 0.29) is 24.0 Å². The van der Waals surface area contributed by atoms with Crippen LogP contribution in [0.4, 0.5) is 0 Å². The largest absolute Gasteiger partial charge is 0.504 e. The number of carboxylic acid groups (broad SMARTS) is 1. The third-order valence-corrected chi connectivity index (χ3v) is 2.94. The predicted molar refractivity (Wildman–Crippen MR) is 67.4 cm³/mol. The average molecular weight is 253 g/mol. The van der Waals surface area contributed by atoms with Crippen LogP contribution in [0.2, 0.25) is 0 Å². The van der Waals surface area contributed by atoms with Gasteiger partial charge in [0.05, 0.1) is 5.92 Å². The summed E-state index contributed by atoms with van der Waals surface area (Å²) in [6.45, 7) is 2.07. The number of carbonyl (C=O) groups is 1. The molecule has 0 spiro atoms. The van der Waals surface area contributed by atoms with Gasteiger partial charge in [-0.1, -0.05) is 13.0 Å². The van der Waals surface area contributed by atoms with Crippen LogP contribution in [-0.4, -0.2) is 27.8 Å². The number of phenolic OH excluding ortho intramolecular Hbond substituents is 2. The molecule has 0 heterocycles. The maximum atomic E-state index is 10.9. The van der Waals surface area contributed by atoms with Crippen molar-refractivity contribution in [3.63, 3.8) is 0 Å². The van der Waals surface area contributed by atoms with E-state index in [0.29, 0.717) is 12.8 Å². The molecule has 0 bridgehead atoms. The van der Waals surface area contributed by atoms with E-state index in [1.807, 2.05) is 6.92 Å². The number of aromatic hydroxyl groups is 2. The summed E-state index contributed by atoms with van der Waals surface area (Å²) < 4.78 is 0. The van der Waals surface area contributed by atoms with Crippen LogP contribution >= 0.6 is 0 Å². The molecule has 1 aromatic carbocycles. The minimum absolute atomic E-state index is 0.125. The molecule has 0 aromatic heterocycles. The molecule has 0 aliphatic heterocycles. The second kappa shape index (κ2) is 6.26. The van der Waals surface area contributed by atoms with Crippen molar-refractivity contribution >= 4 is 5.97 Å². The lowest BCUT2D eigenvalue weighted by Crippen LogP contribution is -2.25. The lowest BCUT2D eigenvalue weighted by Gasteiger charge is -2.16. The van der Waals surface area contributed by atoms with Crippen LogP contribution in [0.3, 0.4) is 0 Å². The molecule has 0 aliphatic carbocycles. The third kappa shape index (κ3) is 3.92. The Morgan fingerprint density at radius 1 is 1.33 bits per heavy atom. The van der Waals surface area contributed by atoms with Crippen LogP contribution in [-0.2, 0) is 11.2 Å². The second-order valence-corrected chi connectivity index (χ2v) is 4.64. The maximum absolute atomic E-state index is 10.9. The van der Waals surface area contributed by atoms with Crippen molar-refractivity contribution in [2.75, 3.05) is 6.54 Å². The SMILES string of the molecule is CC(Cc1ccc(O)c(O)c1)CC(CN)C(=O)O. The molecule has 5 N–H and O–H groups in total. The first kappa shape index (κ1) is 14.3. The molecule has 0 saturated heterocycles. The maximum Gasteiger partial charge on any atom is 0.307 e. The fourth-order valence-electron chi connectivity index (χ4n) is 1.97. The Bertz CT molecular complexity index is 419. The first-order chi connectivity index (χ1) is 8.43. The summed E-state index contributed by atoms with van der Waals surface area (Å²) in [5.41, 5.74) is 6.27. The standard InChI is InChI=1S/C13H19NO4/c1-8(5-10(7-14)13(17)18)4-9-2-3-11(15)12(16)6-9/h2-3,6,8,10,15-16H,4-5,7,14H2,1H3,(H,17,18). The van der Waals surface area contributed by atoms with Crippen LogP contribution < -0.4 is 5.73 Å². The molecule has 2 atom stereocenters. The Balaban J connectivity index is 2.61. The molecule has 1 aromatic rings. The van der Waals surface area contributed by atoms with Crippen LogP contribution in [0.15, 0.2) is 18.2 Å². The number of benzene rings is 1. The van der Waals surface area contributed by atoms with Crippen molar-refractivity contribution in [1.29, 1.82) is 0 Å². The van der Waals surface area contributed by atoms with Crippen molar-refractivity contribution in [2.45, 2.75) is 19.8 Å². The molecular weight excluding hydrogens is 234 g/mol. The predicted octanol–water partition coefficient (Wildman–Crippen LogP) is 1.33. The number of rotatable bonds is 6. The van der Waals surface area contributed by atoms with Crippen LogP contribution in [0.5, 0.6) is 11.5 Å². The Morgan fingerprint density at radius 3 is 2.50 bits per heavy atom. The van der Waals surface area contributed by atoms with Gasteiger partial charge in [-0.05, 0) is 36.5 Å². The first-order valence-corrected chi connectivity index (χ1v) is 5.87. The molecule has 5 heteroatoms. The van der Waals surface area contributed by atoms with Crippen LogP contribution in [0, 0.1) is 11.8 Å². The van der Waals surface area contributed by atoms with E-state index < -0.39 is 11.9 Å². The van der Waals surface area contributed by atoms with Gasteiger partial charge >= 0.3 is 5.97 Å². The van der Waals surface area contributed by atoms with Gasteiger partial charge < -0.3 is 21.1 Å². The molecule has 5 nitrogen and oxygen atoms in total. The molecule has 0 radical (unpaired) electrons. The van der Waals surface area contributed by atoms with Gasteiger partial charge in [-0.3, -0.25) is 4.79 Å². The van der Waals surface area contributed by atoms with E-state index in [2.05, 4.69) is 0 Å². The van der Waals surface area contributed by atoms with E-state index >= 15 is 0 Å². The van der Waals surface area contributed by atoms with Gasteiger partial charge in [0.15, 0.2) is 11.5 Å². The minimum Gasteiger partial charge on any atom is -0.504 e. The fourth-order valence-corrected chi connectivity index (χ4v) is 1.97. The lowest BCUT2D eigenvalue weighted by atomic mass is 9.91. The highest BCUT2D eigenvalue weighted by Crippen LogP contribution is 2.27. The summed E-state index contributed by atoms with van der Waals surface area (Å²) in [7, 11) is 0. The van der Waals surface area contributed by atoms with E-state index in [0.717, 1.165) is 5.56 Å². The number of hydrogen-bond donors (Lipinski definition) is 4. The summed E-state index contributed by atoms with van der Waals surface area (Å²) in [5.74, 6) is -1.59. The Morgan fingerprint density at radius 2 is 2.00 bits per heavy atom. The molecule has 18 heavy (non-hydrogen) atoms. The fraction of sp³-hybridized carbons (Fsp3) is 0.462. The number of carboxylic acids is 1. The van der Waals surface area contributed by atoms with Crippen LogP contribution in [0.25, 0.3) is 0 Å². The second-order valence-electron chi connectivity index (χ2n) is 4.64. The van der Waals surface area contributed by atoms with E-state index in [4.69, 9.17) is 10.8 Å². The zero-order valence-corrected chi connectivity index (χ0v) is 10.3. The lowest BCUT2D eigenvalue weighted by molar-refractivity contribution is -0.141. The summed E-state index contributed by atoms with van der Waals surface area (Å²) in [6.07, 6.45) is 1.13. The van der Waals surface area contributed by atoms with Crippen molar-refractivity contribution in [2.24, 2.45) is 17.6 Å². The summed E-state index contributed by atoms with van der Waals surface area (Å²) in [4.78, 5) is 10.9. The molecule has 1 rings (SSSR count). The van der Waals surface area contributed by atoms with E-state index in [1.165, 1.54) is 12.1 Å². The summed E-state index contributed by atoms with van der Waals surface area (Å²) in [6, 6.07) is 4.63. The van der Waals surface area contributed by atoms with E-state index in [9.17, 15) is 15.0 Å². The highest BCUT2D eigenvalue weighted by atomic mass is 16.4. The zero-order valence-electron chi connectivity index (χ0n) is 10.3. The van der Waals surface area contributed by atoms with Crippen LogP contribution in [0.1, 0.15) is 18.9 Å². The number of phenols is 2. The van der Waals surface area contributed by atoms with Crippen molar-refractivity contribution in [3.8, 4) is 11.5 Å². The molecule has 0 saturated carbocycles. The molecule has 0 amide bonds. The van der Waals surface area contributed by atoms with Crippen molar-refractivity contribution in [1.82, 2.24) is 0 Å². The Labute approximate surface area is 106 Å². The van der Waals surface area contributed by atoms with Gasteiger partial charge in [-0.25, -0.2) is 0 Å². The van der Waals surface area contributed by atoms with E-state index in [1.54, 1.807) is 6.07 Å². The number of hydrogen-bond acceptors (Lipinski definition) is 4. The van der Waals surface area contributed by atoms with Gasteiger partial charge in [0.2, 0.25) is 0 Å². The number of nitrogens with two attached hydrogens (primary N) is 1. The van der Waals surface area contributed by atoms with Gasteiger partial charge in [-0.15, -0.1) is 0 Å². The monoisotopic (exact) mass is 253 g/mol. The quantitative estimate of drug-likeness (QED) is 0.572. The van der Waals surface area contributed by atoms with Gasteiger partial charge in [0.1, 0.15) is 0 Å². The van der Waals surface area contributed by atoms with Crippen molar-refractivity contribution < 1.29 is 20.1 Å². The molecular formula is C13H19NO4. The highest BCUT2D eigenvalue weighted by Gasteiger charge is 2.19. The highest BCUT2D eigenvalue weighted by molar-refractivity contribution is 5.70. The third-order valence-electron chi connectivity index (χ3n) is 2.94. The molecule has 0 fully saturated rings. The smallest absolute Gasteiger partial charge is 0.307 e. The Kier molecular flexibility index (Phi) is 4.97. The number of aliphatic carboxylic acids is 1. The molecule has 0 aliphatic rings. The van der Waals surface area contributed by atoms with Crippen molar-refractivity contribution in [3.05, 3.63) is 23.8 Å². The summed E-state index contributed by atoms with van der Waals surface area (Å²) in [5, 5.41) is 27.5. The normalized spacial score (nSPS) is 14.1. The van der Waals surface area contributed by atoms with Gasteiger partial charge in [0.25, 0.3) is 0 Å². The zero-order chi connectivity index (χ0) is 13.7. The minimum atomic E-state index is -0.877. The topological polar surface area (TPSA) is 104 Å². The first-order valence-electron chi connectivity index (χ1n) is 5.87. The van der Waals surface area contributed by atoms with Gasteiger partial charge in [-0.2, -0.15) is 0 Å². The average Bonchev–Trinajstić information content (AvgIpc) is 2.30. The molecule has 2 unspecified atom stereocenters. The summed E-state index contributed by atoms with van der Waals surface area (Å²) >= 11 is 0. The Hall–Kier alpha value is -1.75.